The smallest absolute Gasteiger partial charge is 0.545 e. The summed E-state index contributed by atoms with van der Waals surface area (Å²) < 4.78 is 0. The molecule has 0 amide bonds. The van der Waals surface area contributed by atoms with Crippen molar-refractivity contribution in [2.75, 3.05) is 0 Å². The molecule has 0 unspecified atom stereocenters. The molecule has 0 aliphatic heterocycles. The molecule has 0 N–H and O–H groups in total. The summed E-state index contributed by atoms with van der Waals surface area (Å²) in [6.07, 6.45) is 4.09. The molecule has 1 aliphatic rings. The predicted octanol–water partition coefficient (Wildman–Crippen LogP) is 1.04. The van der Waals surface area contributed by atoms with E-state index in [-0.39, 0.29) is 17.1 Å². The Morgan fingerprint density at radius 1 is 1.69 bits per heavy atom. The van der Waals surface area contributed by atoms with Gasteiger partial charge in [0.05, 0.1) is 5.97 Å². The second kappa shape index (κ2) is 5.25. The molecule has 0 aromatic rings. The van der Waals surface area contributed by atoms with Gasteiger partial charge in [0.15, 0.2) is 0 Å². The zero-order valence-electron chi connectivity index (χ0n) is 7.60. The minimum Gasteiger partial charge on any atom is -0.545 e. The third kappa shape index (κ3) is 3.37. The van der Waals surface area contributed by atoms with Gasteiger partial charge in [0.1, 0.15) is 0 Å². The average molecular weight is 229 g/mol. The molecule has 13 heavy (non-hydrogen) atoms. The Bertz CT molecular complexity index is 243. The SMILES string of the molecule is C=C(C)[C@@H]1CC=C(C(=O)[O-])CC1.[Cu+]. The minimum atomic E-state index is -1.02. The number of carboxylic acid groups (broad SMARTS) is 1. The van der Waals surface area contributed by atoms with Crippen LogP contribution in [0.3, 0.4) is 0 Å². The van der Waals surface area contributed by atoms with Crippen molar-refractivity contribution >= 4 is 5.97 Å². The quantitative estimate of drug-likeness (QED) is 0.524. The van der Waals surface area contributed by atoms with Gasteiger partial charge in [0.2, 0.25) is 0 Å². The van der Waals surface area contributed by atoms with Gasteiger partial charge in [-0.15, -0.1) is 0 Å². The van der Waals surface area contributed by atoms with E-state index in [1.165, 1.54) is 0 Å². The van der Waals surface area contributed by atoms with E-state index in [0.29, 0.717) is 17.9 Å². The van der Waals surface area contributed by atoms with Crippen LogP contribution in [0.4, 0.5) is 0 Å². The van der Waals surface area contributed by atoms with Crippen LogP contribution in [0.1, 0.15) is 26.2 Å². The molecule has 0 fully saturated rings. The van der Waals surface area contributed by atoms with E-state index in [0.717, 1.165) is 18.4 Å². The zero-order valence-corrected chi connectivity index (χ0v) is 8.54. The number of carboxylic acids is 1. The van der Waals surface area contributed by atoms with E-state index in [9.17, 15) is 9.90 Å². The number of aliphatic carboxylic acids is 1. The molecule has 1 aliphatic carbocycles. The molecule has 0 aromatic carbocycles. The number of hydrogen-bond acceptors (Lipinski definition) is 2. The fourth-order valence-electron chi connectivity index (χ4n) is 1.47. The monoisotopic (exact) mass is 228 g/mol. The van der Waals surface area contributed by atoms with Gasteiger partial charge >= 0.3 is 17.1 Å². The second-order valence-corrected chi connectivity index (χ2v) is 3.33. The van der Waals surface area contributed by atoms with Crippen LogP contribution in [0, 0.1) is 5.92 Å². The standard InChI is InChI=1S/C10H14O2.Cu/c1-7(2)8-3-5-9(6-4-8)10(11)12;/h5,8H,1,3-4,6H2,2H3,(H,11,12);/q;+1/p-1/t8-;/m1./s1. The largest absolute Gasteiger partial charge is 1.00 e. The molecular weight excluding hydrogens is 216 g/mol. The molecule has 3 heteroatoms. The molecule has 0 saturated carbocycles. The van der Waals surface area contributed by atoms with Crippen LogP contribution >= 0.6 is 0 Å². The summed E-state index contributed by atoms with van der Waals surface area (Å²) in [5.74, 6) is -0.553. The second-order valence-electron chi connectivity index (χ2n) is 3.33. The van der Waals surface area contributed by atoms with E-state index in [2.05, 4.69) is 6.58 Å². The van der Waals surface area contributed by atoms with Gasteiger partial charge in [-0.3, -0.25) is 0 Å². The Morgan fingerprint density at radius 3 is 2.62 bits per heavy atom. The normalized spacial score (nSPS) is 21.3. The first kappa shape index (κ1) is 12.5. The topological polar surface area (TPSA) is 40.1 Å². The fraction of sp³-hybridized carbons (Fsp3) is 0.500. The molecule has 0 aromatic heterocycles. The number of carbonyl (C=O) groups excluding carboxylic acids is 1. The summed E-state index contributed by atoms with van der Waals surface area (Å²) in [6.45, 7) is 5.84. The van der Waals surface area contributed by atoms with Gasteiger partial charge in [-0.2, -0.15) is 0 Å². The summed E-state index contributed by atoms with van der Waals surface area (Å²) in [5.41, 5.74) is 1.59. The molecular formula is C10H13CuO2. The first-order valence-electron chi connectivity index (χ1n) is 4.17. The van der Waals surface area contributed by atoms with Gasteiger partial charge in [-0.25, -0.2) is 0 Å². The summed E-state index contributed by atoms with van der Waals surface area (Å²) in [7, 11) is 0. The summed E-state index contributed by atoms with van der Waals surface area (Å²) in [5, 5.41) is 10.4. The third-order valence-electron chi connectivity index (χ3n) is 2.37. The van der Waals surface area contributed by atoms with Crippen LogP contribution in [-0.2, 0) is 21.9 Å². The van der Waals surface area contributed by atoms with E-state index in [4.69, 9.17) is 0 Å². The van der Waals surface area contributed by atoms with Crippen molar-refractivity contribution in [3.63, 3.8) is 0 Å². The Balaban J connectivity index is 0.00000144. The van der Waals surface area contributed by atoms with Crippen molar-refractivity contribution in [3.05, 3.63) is 23.8 Å². The van der Waals surface area contributed by atoms with Crippen molar-refractivity contribution in [3.8, 4) is 0 Å². The molecule has 76 valence electrons. The summed E-state index contributed by atoms with van der Waals surface area (Å²) >= 11 is 0. The molecule has 2 nitrogen and oxygen atoms in total. The first-order valence-corrected chi connectivity index (χ1v) is 4.17. The van der Waals surface area contributed by atoms with Crippen molar-refractivity contribution in [2.24, 2.45) is 5.92 Å². The average Bonchev–Trinajstić information content (AvgIpc) is 2.04. The molecule has 0 heterocycles. The van der Waals surface area contributed by atoms with Crippen LogP contribution < -0.4 is 5.11 Å². The Hall–Kier alpha value is -0.531. The Labute approximate surface area is 89.2 Å². The zero-order chi connectivity index (χ0) is 9.14. The fourth-order valence-corrected chi connectivity index (χ4v) is 1.47. The Kier molecular flexibility index (Phi) is 5.04. The maximum absolute atomic E-state index is 10.4. The molecule has 0 radical (unpaired) electrons. The van der Waals surface area contributed by atoms with Crippen LogP contribution in [0.15, 0.2) is 23.8 Å². The van der Waals surface area contributed by atoms with Crippen molar-refractivity contribution in [1.82, 2.24) is 0 Å². The number of allylic oxidation sites excluding steroid dienone is 2. The van der Waals surface area contributed by atoms with Gasteiger partial charge in [0, 0.05) is 0 Å². The van der Waals surface area contributed by atoms with Crippen LogP contribution in [0.5, 0.6) is 0 Å². The van der Waals surface area contributed by atoms with Gasteiger partial charge < -0.3 is 9.90 Å². The summed E-state index contributed by atoms with van der Waals surface area (Å²) in [6, 6.07) is 0. The number of rotatable bonds is 2. The molecule has 0 bridgehead atoms. The maximum atomic E-state index is 10.4. The maximum Gasteiger partial charge on any atom is 1.00 e. The molecule has 0 spiro atoms. The predicted molar refractivity (Wildman–Crippen MR) is 45.2 cm³/mol. The van der Waals surface area contributed by atoms with Gasteiger partial charge in [0.25, 0.3) is 0 Å². The van der Waals surface area contributed by atoms with E-state index >= 15 is 0 Å². The summed E-state index contributed by atoms with van der Waals surface area (Å²) in [4.78, 5) is 10.4. The Morgan fingerprint density at radius 2 is 2.31 bits per heavy atom. The van der Waals surface area contributed by atoms with Crippen molar-refractivity contribution in [1.29, 1.82) is 0 Å². The number of hydrogen-bond donors (Lipinski definition) is 0. The molecule has 1 atom stereocenters. The van der Waals surface area contributed by atoms with Crippen molar-refractivity contribution < 1.29 is 27.0 Å². The van der Waals surface area contributed by atoms with E-state index in [1.807, 2.05) is 6.92 Å². The third-order valence-corrected chi connectivity index (χ3v) is 2.37. The van der Waals surface area contributed by atoms with E-state index in [1.54, 1.807) is 6.08 Å². The molecule has 1 rings (SSSR count). The molecule has 0 saturated heterocycles. The van der Waals surface area contributed by atoms with Crippen LogP contribution in [0.2, 0.25) is 0 Å². The number of carbonyl (C=O) groups is 1. The van der Waals surface area contributed by atoms with Crippen molar-refractivity contribution in [2.45, 2.75) is 26.2 Å². The van der Waals surface area contributed by atoms with Crippen LogP contribution in [-0.4, -0.2) is 5.97 Å². The van der Waals surface area contributed by atoms with Crippen LogP contribution in [0.25, 0.3) is 0 Å². The first-order chi connectivity index (χ1) is 5.61. The van der Waals surface area contributed by atoms with E-state index < -0.39 is 5.97 Å². The van der Waals surface area contributed by atoms with Gasteiger partial charge in [-0.05, 0) is 37.7 Å². The minimum absolute atomic E-state index is 0. The van der Waals surface area contributed by atoms with Gasteiger partial charge in [-0.1, -0.05) is 18.2 Å².